The van der Waals surface area contributed by atoms with Crippen molar-refractivity contribution in [1.29, 1.82) is 0 Å². The molecule has 0 bridgehead atoms. The van der Waals surface area contributed by atoms with Gasteiger partial charge in [-0.25, -0.2) is 4.98 Å². The van der Waals surface area contributed by atoms with E-state index in [0.29, 0.717) is 18.1 Å². The fraction of sp³-hybridized carbons (Fsp3) is 0.462. The predicted molar refractivity (Wildman–Crippen MR) is 79.0 cm³/mol. The molecule has 7 heteroatoms. The van der Waals surface area contributed by atoms with Crippen molar-refractivity contribution >= 4 is 29.4 Å². The molecule has 1 aromatic heterocycles. The van der Waals surface area contributed by atoms with E-state index in [1.165, 1.54) is 11.8 Å². The minimum Gasteiger partial charge on any atom is -0.383 e. The summed E-state index contributed by atoms with van der Waals surface area (Å²) in [6.07, 6.45) is 1.60. The first-order chi connectivity index (χ1) is 9.40. The van der Waals surface area contributed by atoms with Crippen molar-refractivity contribution in [1.82, 2.24) is 15.6 Å². The van der Waals surface area contributed by atoms with Crippen molar-refractivity contribution in [2.45, 2.75) is 31.2 Å². The van der Waals surface area contributed by atoms with Crippen LogP contribution in [0.2, 0.25) is 0 Å². The molecule has 1 aliphatic rings. The number of nitrogens with zero attached hydrogens (tertiary/aromatic N) is 1. The highest BCUT2D eigenvalue weighted by Gasteiger charge is 2.37. The molecule has 0 aromatic carbocycles. The number of amides is 2. The fourth-order valence-electron chi connectivity index (χ4n) is 1.78. The van der Waals surface area contributed by atoms with E-state index in [4.69, 9.17) is 5.73 Å². The molecule has 1 fully saturated rings. The van der Waals surface area contributed by atoms with Crippen molar-refractivity contribution < 1.29 is 9.59 Å². The van der Waals surface area contributed by atoms with Crippen LogP contribution in [0.4, 0.5) is 5.82 Å². The van der Waals surface area contributed by atoms with Gasteiger partial charge < -0.3 is 16.4 Å². The van der Waals surface area contributed by atoms with E-state index in [0.717, 1.165) is 5.56 Å². The molecule has 0 aliphatic carbocycles. The van der Waals surface area contributed by atoms with Gasteiger partial charge in [-0.1, -0.05) is 6.07 Å². The van der Waals surface area contributed by atoms with Gasteiger partial charge in [0, 0.05) is 24.1 Å². The standard InChI is InChI=1S/C13H18N4O2S/c1-13(2)12(19)17-9(7-20-13)11(18)16-6-8-4-3-5-15-10(8)14/h3-5,9H,6-7H2,1-2H3,(H2,14,15)(H,16,18)(H,17,19)/t9-/m1/s1. The maximum atomic E-state index is 12.0. The Morgan fingerprint density at radius 1 is 1.65 bits per heavy atom. The average Bonchev–Trinajstić information content (AvgIpc) is 2.40. The molecule has 1 aliphatic heterocycles. The lowest BCUT2D eigenvalue weighted by molar-refractivity contribution is -0.129. The number of hydrogen-bond acceptors (Lipinski definition) is 5. The van der Waals surface area contributed by atoms with Crippen molar-refractivity contribution in [3.63, 3.8) is 0 Å². The lowest BCUT2D eigenvalue weighted by Gasteiger charge is -2.32. The number of nitrogen functional groups attached to an aromatic ring is 1. The molecule has 1 atom stereocenters. The molecule has 2 heterocycles. The molecule has 0 saturated carbocycles. The van der Waals surface area contributed by atoms with Crippen molar-refractivity contribution in [2.24, 2.45) is 0 Å². The SMILES string of the molecule is CC1(C)SC[C@H](C(=O)NCc2cccnc2N)NC1=O. The number of thioether (sulfide) groups is 1. The topological polar surface area (TPSA) is 97.1 Å². The number of aromatic nitrogens is 1. The number of anilines is 1. The molecule has 6 nitrogen and oxygen atoms in total. The highest BCUT2D eigenvalue weighted by Crippen LogP contribution is 2.28. The molecule has 20 heavy (non-hydrogen) atoms. The summed E-state index contributed by atoms with van der Waals surface area (Å²) in [5.41, 5.74) is 6.47. The Morgan fingerprint density at radius 2 is 2.40 bits per heavy atom. The van der Waals surface area contributed by atoms with Crippen LogP contribution in [0.3, 0.4) is 0 Å². The number of nitrogens with one attached hydrogen (secondary N) is 2. The van der Waals surface area contributed by atoms with Crippen LogP contribution in [0.5, 0.6) is 0 Å². The summed E-state index contributed by atoms with van der Waals surface area (Å²) in [5.74, 6) is 0.642. The van der Waals surface area contributed by atoms with E-state index in [1.54, 1.807) is 18.3 Å². The number of carbonyl (C=O) groups is 2. The van der Waals surface area contributed by atoms with Gasteiger partial charge in [-0.05, 0) is 19.9 Å². The monoisotopic (exact) mass is 294 g/mol. The smallest absolute Gasteiger partial charge is 0.243 e. The Kier molecular flexibility index (Phi) is 4.17. The Labute approximate surface area is 121 Å². The van der Waals surface area contributed by atoms with Crippen molar-refractivity contribution in [2.75, 3.05) is 11.5 Å². The van der Waals surface area contributed by atoms with E-state index in [-0.39, 0.29) is 11.8 Å². The van der Waals surface area contributed by atoms with Gasteiger partial charge in [0.25, 0.3) is 0 Å². The van der Waals surface area contributed by atoms with Crippen molar-refractivity contribution in [3.8, 4) is 0 Å². The van der Waals surface area contributed by atoms with Crippen LogP contribution in [0, 0.1) is 0 Å². The van der Waals surface area contributed by atoms with Gasteiger partial charge in [0.2, 0.25) is 11.8 Å². The third-order valence-electron chi connectivity index (χ3n) is 3.16. The molecule has 1 saturated heterocycles. The van der Waals surface area contributed by atoms with Crippen LogP contribution >= 0.6 is 11.8 Å². The molecule has 108 valence electrons. The molecule has 2 amide bonds. The maximum Gasteiger partial charge on any atom is 0.243 e. The lowest BCUT2D eigenvalue weighted by atomic mass is 10.1. The van der Waals surface area contributed by atoms with E-state index in [9.17, 15) is 9.59 Å². The second-order valence-corrected chi connectivity index (χ2v) is 6.76. The first-order valence-electron chi connectivity index (χ1n) is 6.32. The molecule has 2 rings (SSSR count). The zero-order valence-electron chi connectivity index (χ0n) is 11.5. The maximum absolute atomic E-state index is 12.0. The lowest BCUT2D eigenvalue weighted by Crippen LogP contribution is -2.57. The van der Waals surface area contributed by atoms with Gasteiger partial charge in [-0.15, -0.1) is 11.8 Å². The Bertz CT molecular complexity index is 533. The summed E-state index contributed by atoms with van der Waals surface area (Å²) < 4.78 is -0.482. The van der Waals surface area contributed by atoms with Crippen molar-refractivity contribution in [3.05, 3.63) is 23.9 Å². The van der Waals surface area contributed by atoms with Gasteiger partial charge >= 0.3 is 0 Å². The van der Waals surface area contributed by atoms with E-state index in [2.05, 4.69) is 15.6 Å². The highest BCUT2D eigenvalue weighted by molar-refractivity contribution is 8.01. The Balaban J connectivity index is 1.90. The number of hydrogen-bond donors (Lipinski definition) is 3. The fourth-order valence-corrected chi connectivity index (χ4v) is 2.79. The first-order valence-corrected chi connectivity index (χ1v) is 7.31. The second kappa shape index (κ2) is 5.70. The molecule has 4 N–H and O–H groups in total. The van der Waals surface area contributed by atoms with E-state index in [1.807, 2.05) is 13.8 Å². The Hall–Kier alpha value is -1.76. The Morgan fingerprint density at radius 3 is 3.05 bits per heavy atom. The molecule has 0 radical (unpaired) electrons. The highest BCUT2D eigenvalue weighted by atomic mass is 32.2. The minimum atomic E-state index is -0.501. The summed E-state index contributed by atoms with van der Waals surface area (Å²) in [7, 11) is 0. The van der Waals surface area contributed by atoms with Gasteiger partial charge in [-0.2, -0.15) is 0 Å². The number of carbonyl (C=O) groups excluding carboxylic acids is 2. The summed E-state index contributed by atoms with van der Waals surface area (Å²) in [6, 6.07) is 3.07. The van der Waals surface area contributed by atoms with Gasteiger partial charge in [0.1, 0.15) is 11.9 Å². The third-order valence-corrected chi connectivity index (χ3v) is 4.57. The molecular formula is C13H18N4O2S. The molecule has 0 spiro atoms. The minimum absolute atomic E-state index is 0.116. The summed E-state index contributed by atoms with van der Waals surface area (Å²) in [4.78, 5) is 27.8. The van der Waals surface area contributed by atoms with Gasteiger partial charge in [-0.3, -0.25) is 9.59 Å². The number of nitrogens with two attached hydrogens (primary N) is 1. The zero-order valence-corrected chi connectivity index (χ0v) is 12.3. The van der Waals surface area contributed by atoms with E-state index >= 15 is 0 Å². The molecule has 0 unspecified atom stereocenters. The summed E-state index contributed by atoms with van der Waals surface area (Å²) in [5, 5.41) is 5.51. The normalized spacial score (nSPS) is 21.1. The largest absolute Gasteiger partial charge is 0.383 e. The van der Waals surface area contributed by atoms with Crippen LogP contribution in [-0.2, 0) is 16.1 Å². The predicted octanol–water partition coefficient (Wildman–Crippen LogP) is 0.290. The second-order valence-electron chi connectivity index (χ2n) is 5.11. The van der Waals surface area contributed by atoms with Crippen LogP contribution in [0.15, 0.2) is 18.3 Å². The van der Waals surface area contributed by atoms with Gasteiger partial charge in [0.15, 0.2) is 0 Å². The number of pyridine rings is 1. The average molecular weight is 294 g/mol. The third kappa shape index (κ3) is 3.22. The zero-order chi connectivity index (χ0) is 14.8. The van der Waals surface area contributed by atoms with Crippen LogP contribution in [0.25, 0.3) is 0 Å². The van der Waals surface area contributed by atoms with Crippen LogP contribution in [-0.4, -0.2) is 33.3 Å². The van der Waals surface area contributed by atoms with Crippen LogP contribution in [0.1, 0.15) is 19.4 Å². The quantitative estimate of drug-likeness (QED) is 0.744. The molecular weight excluding hydrogens is 276 g/mol. The molecule has 1 aromatic rings. The summed E-state index contributed by atoms with van der Waals surface area (Å²) in [6.45, 7) is 3.99. The van der Waals surface area contributed by atoms with Gasteiger partial charge in [0.05, 0.1) is 4.75 Å². The van der Waals surface area contributed by atoms with E-state index < -0.39 is 10.8 Å². The first kappa shape index (κ1) is 14.6. The summed E-state index contributed by atoms with van der Waals surface area (Å²) >= 11 is 1.48. The van der Waals surface area contributed by atoms with Crippen LogP contribution < -0.4 is 16.4 Å². The number of rotatable bonds is 3.